The Labute approximate surface area is 250 Å². The molecule has 9 nitrogen and oxygen atoms in total. The number of carbonyl (C=O) groups is 4. The third-order valence-electron chi connectivity index (χ3n) is 11.5. The molecule has 2 N–H and O–H groups in total. The molecule has 11 heteroatoms. The molecule has 4 aliphatic rings. The molecule has 0 amide bonds. The number of ketones is 3. The van der Waals surface area contributed by atoms with Crippen LogP contribution in [-0.2, 0) is 29.2 Å². The molecule has 2 aromatic rings. The number of rotatable bonds is 6. The summed E-state index contributed by atoms with van der Waals surface area (Å²) in [5.74, 6) is 0.760. The number of nitrogens with two attached hydrogens (primary N) is 1. The number of primary sulfonamides is 1. The predicted octanol–water partition coefficient (Wildman–Crippen LogP) is 4.85. The van der Waals surface area contributed by atoms with Crippen LogP contribution >= 0.6 is 11.3 Å². The smallest absolute Gasteiger partial charge is 0.311 e. The maximum Gasteiger partial charge on any atom is 0.311 e. The van der Waals surface area contributed by atoms with Gasteiger partial charge in [-0.15, -0.1) is 11.3 Å². The molecule has 8 atom stereocenters. The highest BCUT2D eigenvalue weighted by Crippen LogP contribution is 2.66. The minimum Gasteiger partial charge on any atom is -0.426 e. The van der Waals surface area contributed by atoms with Gasteiger partial charge in [0.2, 0.25) is 4.34 Å². The van der Waals surface area contributed by atoms with Crippen molar-refractivity contribution in [1.29, 1.82) is 0 Å². The predicted molar refractivity (Wildman–Crippen MR) is 156 cm³/mol. The first-order valence-corrected chi connectivity index (χ1v) is 17.3. The molecule has 226 valence electrons. The molecule has 0 saturated heterocycles. The molecule has 0 spiro atoms. The van der Waals surface area contributed by atoms with Gasteiger partial charge in [-0.05, 0) is 72.8 Å². The SMILES string of the molecule is CC(CCC(=O)Oc1ccc2nc(S(N)(=O)=O)sc2c1)[C@H]1CCC2C3C(=O)C[C@@H]4CC(=O)CC[C@]4(C)C3CC(=O)[C@@]21C. The maximum absolute atomic E-state index is 14.0. The van der Waals surface area contributed by atoms with Gasteiger partial charge in [0.1, 0.15) is 23.1 Å². The van der Waals surface area contributed by atoms with Crippen molar-refractivity contribution in [3.8, 4) is 5.75 Å². The average molecular weight is 615 g/mol. The van der Waals surface area contributed by atoms with Gasteiger partial charge in [-0.2, -0.15) is 0 Å². The first-order valence-electron chi connectivity index (χ1n) is 14.9. The second kappa shape index (κ2) is 10.3. The number of ether oxygens (including phenoxy) is 1. The highest BCUT2D eigenvalue weighted by Gasteiger charge is 2.66. The van der Waals surface area contributed by atoms with Crippen LogP contribution in [0, 0.1) is 46.3 Å². The van der Waals surface area contributed by atoms with E-state index in [-0.39, 0.29) is 69.0 Å². The number of aromatic nitrogens is 1. The number of benzene rings is 1. The summed E-state index contributed by atoms with van der Waals surface area (Å²) in [5.41, 5.74) is -0.274. The molecule has 1 aromatic heterocycles. The Morgan fingerprint density at radius 1 is 1.14 bits per heavy atom. The summed E-state index contributed by atoms with van der Waals surface area (Å²) in [7, 11) is -3.92. The van der Waals surface area contributed by atoms with Crippen molar-refractivity contribution >= 4 is 54.9 Å². The fourth-order valence-corrected chi connectivity index (χ4v) is 10.9. The van der Waals surface area contributed by atoms with Crippen LogP contribution in [0.15, 0.2) is 22.5 Å². The summed E-state index contributed by atoms with van der Waals surface area (Å²) >= 11 is 0.918. The number of hydrogen-bond donors (Lipinski definition) is 1. The van der Waals surface area contributed by atoms with Crippen LogP contribution < -0.4 is 9.88 Å². The Morgan fingerprint density at radius 3 is 2.64 bits per heavy atom. The summed E-state index contributed by atoms with van der Waals surface area (Å²) < 4.78 is 29.1. The van der Waals surface area contributed by atoms with E-state index in [1.54, 1.807) is 18.2 Å². The molecule has 0 aliphatic heterocycles. The lowest BCUT2D eigenvalue weighted by Gasteiger charge is -2.58. The number of nitrogens with zero attached hydrogens (tertiary/aromatic N) is 1. The maximum atomic E-state index is 14.0. The van der Waals surface area contributed by atoms with Crippen LogP contribution in [0.4, 0.5) is 0 Å². The minimum absolute atomic E-state index is 0.0133. The van der Waals surface area contributed by atoms with Crippen LogP contribution in [0.3, 0.4) is 0 Å². The highest BCUT2D eigenvalue weighted by atomic mass is 32.2. The molecular formula is C31H38N2O7S2. The first-order chi connectivity index (χ1) is 19.7. The quantitative estimate of drug-likeness (QED) is 0.358. The fourth-order valence-electron chi connectivity index (χ4n) is 9.19. The largest absolute Gasteiger partial charge is 0.426 e. The van der Waals surface area contributed by atoms with E-state index in [0.717, 1.165) is 30.6 Å². The zero-order valence-corrected chi connectivity index (χ0v) is 25.9. The van der Waals surface area contributed by atoms with Crippen LogP contribution in [0.1, 0.15) is 78.6 Å². The highest BCUT2D eigenvalue weighted by molar-refractivity contribution is 7.91. The van der Waals surface area contributed by atoms with E-state index in [1.165, 1.54) is 0 Å². The number of fused-ring (bicyclic) bond motifs is 6. The van der Waals surface area contributed by atoms with Crippen molar-refractivity contribution in [2.45, 2.75) is 82.9 Å². The van der Waals surface area contributed by atoms with Gasteiger partial charge < -0.3 is 4.74 Å². The summed E-state index contributed by atoms with van der Waals surface area (Å²) in [5, 5.41) is 5.18. The van der Waals surface area contributed by atoms with E-state index in [2.05, 4.69) is 25.8 Å². The fraction of sp³-hybridized carbons (Fsp3) is 0.645. The molecule has 4 unspecified atom stereocenters. The zero-order valence-electron chi connectivity index (χ0n) is 24.3. The minimum atomic E-state index is -3.92. The molecule has 6 rings (SSSR count). The second-order valence-electron chi connectivity index (χ2n) is 13.6. The zero-order chi connectivity index (χ0) is 30.2. The molecule has 4 aliphatic carbocycles. The second-order valence-corrected chi connectivity index (χ2v) is 16.4. The third-order valence-corrected chi connectivity index (χ3v) is 13.9. The Kier molecular flexibility index (Phi) is 7.25. The molecular weight excluding hydrogens is 576 g/mol. The lowest BCUT2D eigenvalue weighted by Crippen LogP contribution is -2.60. The molecule has 42 heavy (non-hydrogen) atoms. The van der Waals surface area contributed by atoms with Gasteiger partial charge >= 0.3 is 5.97 Å². The van der Waals surface area contributed by atoms with Crippen molar-refractivity contribution < 1.29 is 32.3 Å². The van der Waals surface area contributed by atoms with Crippen LogP contribution in [0.5, 0.6) is 5.75 Å². The normalized spacial score (nSPS) is 35.4. The van der Waals surface area contributed by atoms with E-state index < -0.39 is 21.4 Å². The van der Waals surface area contributed by atoms with Gasteiger partial charge in [0.05, 0.1) is 10.2 Å². The summed E-state index contributed by atoms with van der Waals surface area (Å²) in [6, 6.07) is 4.75. The van der Waals surface area contributed by atoms with Gasteiger partial charge in [0.15, 0.2) is 0 Å². The van der Waals surface area contributed by atoms with E-state index in [0.29, 0.717) is 48.1 Å². The molecule has 1 aromatic carbocycles. The van der Waals surface area contributed by atoms with Crippen LogP contribution in [0.2, 0.25) is 0 Å². The number of esters is 1. The van der Waals surface area contributed by atoms with E-state index >= 15 is 0 Å². The first kappa shape index (κ1) is 29.6. The summed E-state index contributed by atoms with van der Waals surface area (Å²) in [4.78, 5) is 56.6. The van der Waals surface area contributed by atoms with Crippen molar-refractivity contribution in [2.75, 3.05) is 0 Å². The van der Waals surface area contributed by atoms with E-state index in [4.69, 9.17) is 9.88 Å². The van der Waals surface area contributed by atoms with Crippen LogP contribution in [0.25, 0.3) is 10.2 Å². The van der Waals surface area contributed by atoms with Crippen LogP contribution in [-0.4, -0.2) is 36.7 Å². The standard InChI is InChI=1S/C31H38N2O7S2/c1-16(4-9-27(37)40-19-5-8-23-25(14-19)41-29(33-23)42(32,38)39)20-6-7-21-28-22(15-26(36)31(20,21)3)30(2)11-10-18(34)12-17(30)13-24(28)35/h5,8,14,16-17,20-22,28H,4,6-7,9-13,15H2,1-3H3,(H2,32,38,39)/t16?,17-,20+,21?,22?,28?,30-,31+/m0/s1. The molecule has 1 heterocycles. The Balaban J connectivity index is 1.12. The lowest BCUT2D eigenvalue weighted by molar-refractivity contribution is -0.166. The monoisotopic (exact) mass is 614 g/mol. The molecule has 4 fully saturated rings. The van der Waals surface area contributed by atoms with Gasteiger partial charge in [0, 0.05) is 49.5 Å². The molecule has 0 bridgehead atoms. The number of carbonyl (C=O) groups excluding carboxylic acids is 4. The lowest BCUT2D eigenvalue weighted by atomic mass is 9.44. The summed E-state index contributed by atoms with van der Waals surface area (Å²) in [6.45, 7) is 6.38. The Morgan fingerprint density at radius 2 is 1.90 bits per heavy atom. The van der Waals surface area contributed by atoms with E-state index in [9.17, 15) is 27.6 Å². The summed E-state index contributed by atoms with van der Waals surface area (Å²) in [6.07, 6.45) is 5.06. The van der Waals surface area contributed by atoms with Gasteiger partial charge in [-0.3, -0.25) is 19.2 Å². The topological polar surface area (TPSA) is 151 Å². The van der Waals surface area contributed by atoms with Gasteiger partial charge in [-0.1, -0.05) is 20.8 Å². The average Bonchev–Trinajstić information content (AvgIpc) is 3.51. The number of thiazole rings is 1. The van der Waals surface area contributed by atoms with Crippen molar-refractivity contribution in [2.24, 2.45) is 51.5 Å². The Bertz CT molecular complexity index is 1600. The van der Waals surface area contributed by atoms with Crippen molar-refractivity contribution in [3.05, 3.63) is 18.2 Å². The molecule has 4 saturated carbocycles. The number of hydrogen-bond acceptors (Lipinski definition) is 9. The van der Waals surface area contributed by atoms with Gasteiger partial charge in [-0.25, -0.2) is 18.5 Å². The van der Waals surface area contributed by atoms with Crippen molar-refractivity contribution in [1.82, 2.24) is 4.98 Å². The number of sulfonamides is 1. The number of Topliss-reactive ketones (excluding diaryl/α,β-unsaturated/α-hetero) is 3. The van der Waals surface area contributed by atoms with E-state index in [1.807, 2.05) is 0 Å². The third kappa shape index (κ3) is 4.76. The molecule has 0 radical (unpaired) electrons. The van der Waals surface area contributed by atoms with Gasteiger partial charge in [0.25, 0.3) is 10.0 Å². The van der Waals surface area contributed by atoms with Crippen molar-refractivity contribution in [3.63, 3.8) is 0 Å². The Hall–Kier alpha value is -2.50.